The Hall–Kier alpha value is -0.840. The maximum absolute atomic E-state index is 10.9. The van der Waals surface area contributed by atoms with Crippen molar-refractivity contribution >= 4 is 0 Å². The molecule has 4 heterocycles. The third-order valence-corrected chi connectivity index (χ3v) is 8.29. The molecule has 1 unspecified atom stereocenters. The van der Waals surface area contributed by atoms with Crippen LogP contribution in [0.25, 0.3) is 0 Å². The van der Waals surface area contributed by atoms with Gasteiger partial charge in [0.15, 0.2) is 18.9 Å². The van der Waals surface area contributed by atoms with Gasteiger partial charge in [-0.1, -0.05) is 0 Å². The number of rotatable bonds is 11. The van der Waals surface area contributed by atoms with Crippen molar-refractivity contribution in [3.05, 3.63) is 0 Å². The Bertz CT molecular complexity index is 927. The zero-order valence-corrected chi connectivity index (χ0v) is 23.5. The minimum absolute atomic E-state index is 0.784. The van der Waals surface area contributed by atoms with Crippen molar-refractivity contribution in [3.8, 4) is 0 Å². The summed E-state index contributed by atoms with van der Waals surface area (Å²) >= 11 is 0. The summed E-state index contributed by atoms with van der Waals surface area (Å²) < 4.78 is 37.9. The Morgan fingerprint density at radius 1 is 0.444 bits per heavy atom. The van der Waals surface area contributed by atoms with E-state index in [0.717, 1.165) is 0 Å². The van der Waals surface area contributed by atoms with Crippen LogP contribution >= 0.6 is 0 Å². The Morgan fingerprint density at radius 3 is 1.31 bits per heavy atom. The second-order valence-electron chi connectivity index (χ2n) is 11.2. The normalized spacial score (nSPS) is 52.7. The summed E-state index contributed by atoms with van der Waals surface area (Å²) in [6, 6.07) is 0. The molecule has 0 bridgehead atoms. The zero-order chi connectivity index (χ0) is 33.4. The summed E-state index contributed by atoms with van der Waals surface area (Å²) in [5.74, 6) is -2.43. The van der Waals surface area contributed by atoms with Gasteiger partial charge in [0.2, 0.25) is 5.79 Å². The van der Waals surface area contributed by atoms with Crippen LogP contribution in [-0.2, 0) is 33.2 Å². The van der Waals surface area contributed by atoms with Crippen LogP contribution < -0.4 is 0 Å². The molecule has 0 aliphatic carbocycles. The first kappa shape index (κ1) is 37.0. The molecule has 4 rings (SSSR count). The van der Waals surface area contributed by atoms with Crippen molar-refractivity contribution in [2.75, 3.05) is 33.0 Å². The van der Waals surface area contributed by atoms with Crippen molar-refractivity contribution in [2.45, 2.75) is 116 Å². The number of aliphatic hydroxyl groups is 14. The van der Waals surface area contributed by atoms with Crippen molar-refractivity contribution < 1.29 is 105 Å². The molecule has 4 aliphatic heterocycles. The lowest BCUT2D eigenvalue weighted by Crippen LogP contribution is -2.67. The summed E-state index contributed by atoms with van der Waals surface area (Å²) in [5, 5.41) is 142. The molecule has 45 heavy (non-hydrogen) atoms. The minimum atomic E-state index is -2.43. The quantitative estimate of drug-likeness (QED) is 0.0973. The second kappa shape index (κ2) is 15.1. The summed E-state index contributed by atoms with van der Waals surface area (Å²) in [7, 11) is 0. The molecule has 264 valence electrons. The predicted molar refractivity (Wildman–Crippen MR) is 134 cm³/mol. The van der Waals surface area contributed by atoms with E-state index in [1.807, 2.05) is 0 Å². The minimum Gasteiger partial charge on any atom is -0.394 e. The Labute approximate surface area is 254 Å². The fraction of sp³-hybridized carbons (Fsp3) is 1.00. The summed E-state index contributed by atoms with van der Waals surface area (Å²) in [5.41, 5.74) is 0. The molecular formula is C24H42O21. The second-order valence-corrected chi connectivity index (χ2v) is 11.2. The van der Waals surface area contributed by atoms with E-state index in [9.17, 15) is 71.5 Å². The van der Waals surface area contributed by atoms with Gasteiger partial charge in [-0.25, -0.2) is 0 Å². The van der Waals surface area contributed by atoms with Gasteiger partial charge in [0.25, 0.3) is 0 Å². The van der Waals surface area contributed by atoms with E-state index in [1.165, 1.54) is 0 Å². The molecule has 4 fully saturated rings. The lowest BCUT2D eigenvalue weighted by atomic mass is 9.96. The zero-order valence-electron chi connectivity index (χ0n) is 23.5. The molecule has 19 atom stereocenters. The van der Waals surface area contributed by atoms with Gasteiger partial charge >= 0.3 is 0 Å². The van der Waals surface area contributed by atoms with E-state index in [-0.39, 0.29) is 0 Å². The highest BCUT2D eigenvalue weighted by Gasteiger charge is 2.59. The molecule has 0 aromatic heterocycles. The lowest BCUT2D eigenvalue weighted by Gasteiger charge is -2.48. The van der Waals surface area contributed by atoms with E-state index in [4.69, 9.17) is 33.2 Å². The fourth-order valence-corrected chi connectivity index (χ4v) is 5.61. The number of ether oxygens (including phenoxy) is 7. The van der Waals surface area contributed by atoms with Crippen molar-refractivity contribution in [3.63, 3.8) is 0 Å². The van der Waals surface area contributed by atoms with Gasteiger partial charge in [-0.2, -0.15) is 0 Å². The van der Waals surface area contributed by atoms with E-state index in [1.54, 1.807) is 0 Å². The van der Waals surface area contributed by atoms with Gasteiger partial charge in [0.05, 0.1) is 26.4 Å². The topological polar surface area (TPSA) is 348 Å². The predicted octanol–water partition coefficient (Wildman–Crippen LogP) is -9.75. The van der Waals surface area contributed by atoms with E-state index < -0.39 is 149 Å². The summed E-state index contributed by atoms with van der Waals surface area (Å²) in [6.07, 6.45) is -32.1. The first-order valence-corrected chi connectivity index (χ1v) is 14.1. The molecule has 0 aromatic carbocycles. The molecule has 4 aliphatic rings. The van der Waals surface area contributed by atoms with Gasteiger partial charge in [-0.15, -0.1) is 0 Å². The van der Waals surface area contributed by atoms with Crippen LogP contribution in [0, 0.1) is 0 Å². The third-order valence-electron chi connectivity index (χ3n) is 8.29. The number of hydrogen-bond acceptors (Lipinski definition) is 21. The summed E-state index contributed by atoms with van der Waals surface area (Å²) in [4.78, 5) is 0. The monoisotopic (exact) mass is 666 g/mol. The van der Waals surface area contributed by atoms with E-state index in [2.05, 4.69) is 0 Å². The van der Waals surface area contributed by atoms with Gasteiger partial charge in [-0.3, -0.25) is 0 Å². The SMILES string of the molecule is OC[C@H]1OC(CO)(O[C@H]2O[C@H](CO)[C@@H](O[C@@H]3O[C@H](CO)[C@@H](O[C@@H]4O[C@H](CO)[C@@H](O)[C@H](O)[C@H]4O)[C@H](O)[C@H]3O)[C@H](O)[C@H]2O)[C@@H](O)[C@@H]1O. The maximum Gasteiger partial charge on any atom is 0.224 e. The first-order valence-electron chi connectivity index (χ1n) is 14.1. The van der Waals surface area contributed by atoms with Crippen molar-refractivity contribution in [1.29, 1.82) is 0 Å². The van der Waals surface area contributed by atoms with Crippen LogP contribution in [-0.4, -0.2) is 221 Å². The average molecular weight is 667 g/mol. The molecule has 14 N–H and O–H groups in total. The average Bonchev–Trinajstić information content (AvgIpc) is 3.28. The molecule has 0 amide bonds. The highest BCUT2D eigenvalue weighted by Crippen LogP contribution is 2.37. The largest absolute Gasteiger partial charge is 0.394 e. The van der Waals surface area contributed by atoms with E-state index >= 15 is 0 Å². The summed E-state index contributed by atoms with van der Waals surface area (Å²) in [6.45, 7) is -4.50. The molecule has 0 spiro atoms. The van der Waals surface area contributed by atoms with Crippen LogP contribution in [0.5, 0.6) is 0 Å². The van der Waals surface area contributed by atoms with Crippen LogP contribution in [0.1, 0.15) is 0 Å². The molecule has 4 saturated heterocycles. The standard InChI is InChI=1S/C24H42O21/c25-1-6-10(30)12(32)15(35)21(39-6)42-18-8(3-27)40-22(16(36)13(18)33)43-19-9(4-28)41-23(17(37)14(19)34)45-24(5-29)20(38)11(31)7(2-26)44-24/h6-23,25-38H,1-5H2/t6-,7-,8-,9-,10-,11-,12+,13-,14-,15-,16-,17-,18-,19-,20+,21+,22+,23-,24?/m1/s1. The Balaban J connectivity index is 1.45. The third kappa shape index (κ3) is 7.01. The highest BCUT2D eigenvalue weighted by molar-refractivity contribution is 5.00. The number of aliphatic hydroxyl groups excluding tert-OH is 14. The molecule has 21 nitrogen and oxygen atoms in total. The van der Waals surface area contributed by atoms with Crippen molar-refractivity contribution in [1.82, 2.24) is 0 Å². The number of hydrogen-bond donors (Lipinski definition) is 14. The molecule has 0 radical (unpaired) electrons. The smallest absolute Gasteiger partial charge is 0.224 e. The van der Waals surface area contributed by atoms with Gasteiger partial charge in [-0.05, 0) is 0 Å². The molecular weight excluding hydrogens is 624 g/mol. The fourth-order valence-electron chi connectivity index (χ4n) is 5.61. The van der Waals surface area contributed by atoms with Gasteiger partial charge in [0, 0.05) is 0 Å². The maximum atomic E-state index is 10.9. The lowest BCUT2D eigenvalue weighted by molar-refractivity contribution is -0.402. The van der Waals surface area contributed by atoms with Gasteiger partial charge < -0.3 is 105 Å². The molecule has 0 aromatic rings. The highest BCUT2D eigenvalue weighted by atomic mass is 16.8. The van der Waals surface area contributed by atoms with Crippen LogP contribution in [0.15, 0.2) is 0 Å². The van der Waals surface area contributed by atoms with Crippen molar-refractivity contribution in [2.24, 2.45) is 0 Å². The van der Waals surface area contributed by atoms with Crippen LogP contribution in [0.2, 0.25) is 0 Å². The van der Waals surface area contributed by atoms with Gasteiger partial charge in [0.1, 0.15) is 98.2 Å². The van der Waals surface area contributed by atoms with Crippen LogP contribution in [0.4, 0.5) is 0 Å². The molecule has 0 saturated carbocycles. The first-order chi connectivity index (χ1) is 21.3. The Morgan fingerprint density at radius 2 is 0.867 bits per heavy atom. The Kier molecular flexibility index (Phi) is 12.5. The van der Waals surface area contributed by atoms with E-state index in [0.29, 0.717) is 0 Å². The van der Waals surface area contributed by atoms with Crippen LogP contribution in [0.3, 0.4) is 0 Å². The molecule has 21 heteroatoms.